The number of carboxylic acid groups (broad SMARTS) is 1. The van der Waals surface area contributed by atoms with Crippen LogP contribution in [0, 0.1) is 5.92 Å². The highest BCUT2D eigenvalue weighted by Gasteiger charge is 2.33. The summed E-state index contributed by atoms with van der Waals surface area (Å²) in [6.45, 7) is 2.47. The van der Waals surface area contributed by atoms with Crippen LogP contribution in [0.3, 0.4) is 0 Å². The molecule has 5 heteroatoms. The number of aliphatic carboxylic acids is 1. The molecule has 0 aromatic rings. The van der Waals surface area contributed by atoms with Gasteiger partial charge in [0.25, 0.3) is 0 Å². The summed E-state index contributed by atoms with van der Waals surface area (Å²) in [7, 11) is 0. The molecule has 2 fully saturated rings. The average Bonchev–Trinajstić information content (AvgIpc) is 2.81. The lowest BCUT2D eigenvalue weighted by molar-refractivity contribution is -0.152. The van der Waals surface area contributed by atoms with Gasteiger partial charge in [-0.2, -0.15) is 0 Å². The van der Waals surface area contributed by atoms with E-state index in [1.165, 1.54) is 0 Å². The van der Waals surface area contributed by atoms with Crippen LogP contribution in [0.15, 0.2) is 0 Å². The highest BCUT2D eigenvalue weighted by molar-refractivity contribution is 5.84. The largest absolute Gasteiger partial charge is 0.480 e. The third kappa shape index (κ3) is 2.97. The second kappa shape index (κ2) is 5.49. The number of amides is 1. The van der Waals surface area contributed by atoms with E-state index in [0.717, 1.165) is 32.4 Å². The first-order chi connectivity index (χ1) is 8.18. The second-order valence-corrected chi connectivity index (χ2v) is 5.00. The number of carbonyl (C=O) groups is 2. The standard InChI is InChI=1S/C12H20N2O3/c15-11(7-9-4-5-13-8-9)14-6-2-1-3-10(14)12(16)17/h9-10,13H,1-8H2,(H,16,17). The van der Waals surface area contributed by atoms with Gasteiger partial charge < -0.3 is 15.3 Å². The lowest BCUT2D eigenvalue weighted by Gasteiger charge is -2.33. The first-order valence-electron chi connectivity index (χ1n) is 6.41. The van der Waals surface area contributed by atoms with E-state index in [-0.39, 0.29) is 5.91 Å². The fourth-order valence-electron chi connectivity index (χ4n) is 2.74. The normalized spacial score (nSPS) is 29.3. The topological polar surface area (TPSA) is 69.6 Å². The Balaban J connectivity index is 1.93. The number of piperidine rings is 1. The van der Waals surface area contributed by atoms with Crippen LogP contribution in [0.25, 0.3) is 0 Å². The molecule has 2 aliphatic heterocycles. The first kappa shape index (κ1) is 12.4. The van der Waals surface area contributed by atoms with Crippen LogP contribution in [0.5, 0.6) is 0 Å². The molecule has 2 rings (SSSR count). The van der Waals surface area contributed by atoms with E-state index in [2.05, 4.69) is 5.32 Å². The van der Waals surface area contributed by atoms with Gasteiger partial charge in [-0.05, 0) is 44.7 Å². The van der Waals surface area contributed by atoms with Gasteiger partial charge in [-0.1, -0.05) is 0 Å². The summed E-state index contributed by atoms with van der Waals surface area (Å²) in [6, 6.07) is -0.592. The molecule has 2 N–H and O–H groups in total. The molecular formula is C12H20N2O3. The number of carboxylic acids is 1. The molecule has 96 valence electrons. The first-order valence-corrected chi connectivity index (χ1v) is 6.41. The summed E-state index contributed by atoms with van der Waals surface area (Å²) < 4.78 is 0. The molecule has 0 spiro atoms. The number of rotatable bonds is 3. The number of carbonyl (C=O) groups excluding carboxylic acids is 1. The summed E-state index contributed by atoms with van der Waals surface area (Å²) >= 11 is 0. The average molecular weight is 240 g/mol. The smallest absolute Gasteiger partial charge is 0.326 e. The minimum Gasteiger partial charge on any atom is -0.480 e. The van der Waals surface area contributed by atoms with Gasteiger partial charge in [-0.25, -0.2) is 4.79 Å². The van der Waals surface area contributed by atoms with Gasteiger partial charge in [0.05, 0.1) is 0 Å². The van der Waals surface area contributed by atoms with E-state index in [0.29, 0.717) is 25.3 Å². The number of hydrogen-bond donors (Lipinski definition) is 2. The van der Waals surface area contributed by atoms with Crippen molar-refractivity contribution < 1.29 is 14.7 Å². The zero-order valence-electron chi connectivity index (χ0n) is 10.0. The van der Waals surface area contributed by atoms with Crippen LogP contribution in [0.4, 0.5) is 0 Å². The molecule has 0 radical (unpaired) electrons. The van der Waals surface area contributed by atoms with Crippen molar-refractivity contribution in [3.8, 4) is 0 Å². The van der Waals surface area contributed by atoms with Crippen molar-refractivity contribution in [1.29, 1.82) is 0 Å². The van der Waals surface area contributed by atoms with Crippen molar-refractivity contribution in [1.82, 2.24) is 10.2 Å². The molecule has 2 heterocycles. The van der Waals surface area contributed by atoms with Crippen LogP contribution in [0.2, 0.25) is 0 Å². The lowest BCUT2D eigenvalue weighted by Crippen LogP contribution is -2.48. The quantitative estimate of drug-likeness (QED) is 0.751. The summed E-state index contributed by atoms with van der Waals surface area (Å²) in [5.74, 6) is -0.452. The Kier molecular flexibility index (Phi) is 3.99. The maximum atomic E-state index is 12.1. The maximum absolute atomic E-state index is 12.1. The van der Waals surface area contributed by atoms with E-state index in [1.54, 1.807) is 4.90 Å². The van der Waals surface area contributed by atoms with E-state index in [1.807, 2.05) is 0 Å². The fraction of sp³-hybridized carbons (Fsp3) is 0.833. The Bertz CT molecular complexity index is 300. The molecule has 2 unspecified atom stereocenters. The Morgan fingerprint density at radius 3 is 2.76 bits per heavy atom. The molecular weight excluding hydrogens is 220 g/mol. The van der Waals surface area contributed by atoms with E-state index in [4.69, 9.17) is 5.11 Å². The van der Waals surface area contributed by atoms with Crippen LogP contribution in [-0.2, 0) is 9.59 Å². The van der Waals surface area contributed by atoms with Crippen molar-refractivity contribution in [3.05, 3.63) is 0 Å². The Morgan fingerprint density at radius 2 is 2.12 bits per heavy atom. The molecule has 0 aromatic heterocycles. The van der Waals surface area contributed by atoms with E-state index < -0.39 is 12.0 Å². The molecule has 17 heavy (non-hydrogen) atoms. The fourth-order valence-corrected chi connectivity index (χ4v) is 2.74. The zero-order chi connectivity index (χ0) is 12.3. The van der Waals surface area contributed by atoms with Crippen molar-refractivity contribution in [2.45, 2.75) is 38.1 Å². The van der Waals surface area contributed by atoms with Crippen LogP contribution >= 0.6 is 0 Å². The number of nitrogens with one attached hydrogen (secondary N) is 1. The summed E-state index contributed by atoms with van der Waals surface area (Å²) in [6.07, 6.45) is 3.96. The molecule has 5 nitrogen and oxygen atoms in total. The van der Waals surface area contributed by atoms with Crippen molar-refractivity contribution in [2.75, 3.05) is 19.6 Å². The highest BCUT2D eigenvalue weighted by Crippen LogP contribution is 2.21. The molecule has 1 amide bonds. The minimum absolute atomic E-state index is 0.0193. The third-order valence-corrected chi connectivity index (χ3v) is 3.73. The molecule has 0 saturated carbocycles. The molecule has 0 bridgehead atoms. The summed E-state index contributed by atoms with van der Waals surface area (Å²) in [4.78, 5) is 24.8. The molecule has 0 aliphatic carbocycles. The van der Waals surface area contributed by atoms with Gasteiger partial charge in [0.15, 0.2) is 0 Å². The van der Waals surface area contributed by atoms with Crippen LogP contribution in [-0.4, -0.2) is 47.6 Å². The monoisotopic (exact) mass is 240 g/mol. The Labute approximate surface area is 101 Å². The Morgan fingerprint density at radius 1 is 1.29 bits per heavy atom. The summed E-state index contributed by atoms with van der Waals surface area (Å²) in [5, 5.41) is 12.3. The van der Waals surface area contributed by atoms with E-state index >= 15 is 0 Å². The second-order valence-electron chi connectivity index (χ2n) is 5.00. The van der Waals surface area contributed by atoms with Crippen molar-refractivity contribution in [2.24, 2.45) is 5.92 Å². The lowest BCUT2D eigenvalue weighted by atomic mass is 9.99. The summed E-state index contributed by atoms with van der Waals surface area (Å²) in [5.41, 5.74) is 0. The van der Waals surface area contributed by atoms with Crippen molar-refractivity contribution in [3.63, 3.8) is 0 Å². The van der Waals surface area contributed by atoms with Gasteiger partial charge in [0.2, 0.25) is 5.91 Å². The maximum Gasteiger partial charge on any atom is 0.326 e. The predicted octanol–water partition coefficient (Wildman–Crippen LogP) is 0.452. The van der Waals surface area contributed by atoms with E-state index in [9.17, 15) is 9.59 Å². The highest BCUT2D eigenvalue weighted by atomic mass is 16.4. The predicted molar refractivity (Wildman–Crippen MR) is 62.6 cm³/mol. The zero-order valence-corrected chi connectivity index (χ0v) is 10.0. The number of hydrogen-bond acceptors (Lipinski definition) is 3. The van der Waals surface area contributed by atoms with Crippen molar-refractivity contribution >= 4 is 11.9 Å². The van der Waals surface area contributed by atoms with Crippen LogP contribution < -0.4 is 5.32 Å². The SMILES string of the molecule is O=C(O)C1CCCCN1C(=O)CC1CCNC1. The van der Waals surface area contributed by atoms with Gasteiger partial charge in [-0.15, -0.1) is 0 Å². The minimum atomic E-state index is -0.859. The van der Waals surface area contributed by atoms with Gasteiger partial charge in [0.1, 0.15) is 6.04 Å². The molecule has 2 saturated heterocycles. The van der Waals surface area contributed by atoms with Gasteiger partial charge in [-0.3, -0.25) is 4.79 Å². The third-order valence-electron chi connectivity index (χ3n) is 3.73. The van der Waals surface area contributed by atoms with Crippen LogP contribution in [0.1, 0.15) is 32.1 Å². The van der Waals surface area contributed by atoms with Gasteiger partial charge >= 0.3 is 5.97 Å². The Hall–Kier alpha value is -1.10. The molecule has 0 aromatic carbocycles. The molecule has 2 aliphatic rings. The van der Waals surface area contributed by atoms with Gasteiger partial charge in [0, 0.05) is 13.0 Å². The number of likely N-dealkylation sites (tertiary alicyclic amines) is 1. The molecule has 2 atom stereocenters. The number of nitrogens with zero attached hydrogens (tertiary/aromatic N) is 1.